The number of carbonyl (C=O) groups is 1. The summed E-state index contributed by atoms with van der Waals surface area (Å²) in [4.78, 5) is 24.6. The maximum Gasteiger partial charge on any atom is 0.251 e. The molecule has 1 unspecified atom stereocenters. The Kier molecular flexibility index (Phi) is 12.7. The molecule has 1 aliphatic heterocycles. The van der Waals surface area contributed by atoms with Gasteiger partial charge in [0.05, 0.1) is 18.5 Å². The van der Waals surface area contributed by atoms with Crippen molar-refractivity contribution < 1.29 is 18.8 Å². The second kappa shape index (κ2) is 17.3. The SMILES string of the molecule is CCCCOCCOc1ccc(-c2ccc3c(c2)C=C(C(=O)Nc2ccc([S+]([O-])Cc4cccnc4C)nc2)CCN3CC(C)C)cc1. The molecule has 0 radical (unpaired) electrons. The highest BCUT2D eigenvalue weighted by Gasteiger charge is 2.22. The predicted molar refractivity (Wildman–Crippen MR) is 195 cm³/mol. The lowest BCUT2D eigenvalue weighted by atomic mass is 10.00. The van der Waals surface area contributed by atoms with Gasteiger partial charge >= 0.3 is 0 Å². The van der Waals surface area contributed by atoms with Crippen LogP contribution in [0.4, 0.5) is 11.4 Å². The van der Waals surface area contributed by atoms with Crippen LogP contribution in [0.15, 0.2) is 89.7 Å². The third-order valence-corrected chi connectivity index (χ3v) is 9.46. The van der Waals surface area contributed by atoms with E-state index >= 15 is 0 Å². The Bertz CT molecular complexity index is 1670. The van der Waals surface area contributed by atoms with E-state index < -0.39 is 11.2 Å². The molecule has 48 heavy (non-hydrogen) atoms. The molecule has 5 rings (SSSR count). The summed E-state index contributed by atoms with van der Waals surface area (Å²) in [6.07, 6.45) is 8.10. The van der Waals surface area contributed by atoms with Crippen LogP contribution in [0.2, 0.25) is 0 Å². The molecule has 8 nitrogen and oxygen atoms in total. The summed E-state index contributed by atoms with van der Waals surface area (Å²) in [5.41, 5.74) is 7.32. The number of unbranched alkanes of at least 4 members (excludes halogenated alkanes) is 1. The van der Waals surface area contributed by atoms with Gasteiger partial charge in [-0.1, -0.05) is 51.5 Å². The summed E-state index contributed by atoms with van der Waals surface area (Å²) >= 11 is -1.32. The van der Waals surface area contributed by atoms with Gasteiger partial charge in [-0.2, -0.15) is 0 Å². The number of aromatic nitrogens is 2. The monoisotopic (exact) mass is 666 g/mol. The lowest BCUT2D eigenvalue weighted by Crippen LogP contribution is -2.29. The van der Waals surface area contributed by atoms with E-state index in [9.17, 15) is 9.35 Å². The van der Waals surface area contributed by atoms with Crippen LogP contribution >= 0.6 is 0 Å². The lowest BCUT2D eigenvalue weighted by molar-refractivity contribution is -0.112. The number of hydrogen-bond acceptors (Lipinski definition) is 7. The van der Waals surface area contributed by atoms with Crippen LogP contribution in [0.5, 0.6) is 5.75 Å². The molecule has 9 heteroatoms. The van der Waals surface area contributed by atoms with E-state index in [0.29, 0.717) is 47.6 Å². The predicted octanol–water partition coefficient (Wildman–Crippen LogP) is 7.84. The molecule has 0 saturated carbocycles. The number of amides is 1. The molecule has 1 N–H and O–H groups in total. The fraction of sp³-hybridized carbons (Fsp3) is 0.359. The zero-order chi connectivity index (χ0) is 33.9. The van der Waals surface area contributed by atoms with Crippen LogP contribution in [0, 0.1) is 12.8 Å². The van der Waals surface area contributed by atoms with Crippen LogP contribution in [-0.2, 0) is 26.5 Å². The Labute approximate surface area is 287 Å². The van der Waals surface area contributed by atoms with E-state index in [1.807, 2.05) is 37.3 Å². The van der Waals surface area contributed by atoms with E-state index in [0.717, 1.165) is 71.9 Å². The van der Waals surface area contributed by atoms with Crippen molar-refractivity contribution in [3.05, 3.63) is 102 Å². The smallest absolute Gasteiger partial charge is 0.251 e. The van der Waals surface area contributed by atoms with Crippen LogP contribution < -0.4 is 15.0 Å². The van der Waals surface area contributed by atoms with Crippen molar-refractivity contribution in [2.45, 2.75) is 57.7 Å². The van der Waals surface area contributed by atoms with E-state index in [2.05, 4.69) is 71.3 Å². The second-order valence-electron chi connectivity index (χ2n) is 12.4. The number of rotatable bonds is 15. The van der Waals surface area contributed by atoms with Crippen LogP contribution in [0.3, 0.4) is 0 Å². The van der Waals surface area contributed by atoms with E-state index in [1.165, 1.54) is 0 Å². The number of anilines is 2. The van der Waals surface area contributed by atoms with Crippen LogP contribution in [-0.4, -0.2) is 53.3 Å². The number of nitrogens with zero attached hydrogens (tertiary/aromatic N) is 3. The molecule has 0 saturated heterocycles. The third-order valence-electron chi connectivity index (χ3n) is 8.18. The zero-order valence-electron chi connectivity index (χ0n) is 28.4. The molecule has 1 amide bonds. The molecule has 1 atom stereocenters. The van der Waals surface area contributed by atoms with Crippen molar-refractivity contribution in [3.63, 3.8) is 0 Å². The maximum atomic E-state index is 13.6. The first-order valence-corrected chi connectivity index (χ1v) is 18.1. The van der Waals surface area contributed by atoms with E-state index in [-0.39, 0.29) is 5.91 Å². The highest BCUT2D eigenvalue weighted by atomic mass is 32.2. The molecule has 2 aromatic carbocycles. The first-order valence-electron chi connectivity index (χ1n) is 16.8. The minimum absolute atomic E-state index is 0.167. The molecular weight excluding hydrogens is 621 g/mol. The zero-order valence-corrected chi connectivity index (χ0v) is 29.2. The summed E-state index contributed by atoms with van der Waals surface area (Å²) in [7, 11) is 0. The number of fused-ring (bicyclic) bond motifs is 1. The fourth-order valence-corrected chi connectivity index (χ4v) is 6.70. The van der Waals surface area contributed by atoms with E-state index in [4.69, 9.17) is 9.47 Å². The Morgan fingerprint density at radius 2 is 1.83 bits per heavy atom. The van der Waals surface area contributed by atoms with Gasteiger partial charge < -0.3 is 24.2 Å². The number of ether oxygens (including phenoxy) is 2. The first-order chi connectivity index (χ1) is 23.3. The van der Waals surface area contributed by atoms with Crippen molar-refractivity contribution in [3.8, 4) is 16.9 Å². The minimum atomic E-state index is -1.32. The first kappa shape index (κ1) is 35.1. The van der Waals surface area contributed by atoms with Gasteiger partial charge in [-0.25, -0.2) is 4.98 Å². The highest BCUT2D eigenvalue weighted by molar-refractivity contribution is 7.90. The van der Waals surface area contributed by atoms with Gasteiger partial charge in [-0.15, -0.1) is 0 Å². The van der Waals surface area contributed by atoms with Gasteiger partial charge in [-0.05, 0) is 84.8 Å². The van der Waals surface area contributed by atoms with Gasteiger partial charge in [0.1, 0.15) is 18.1 Å². The molecule has 3 heterocycles. The number of carbonyl (C=O) groups excluding carboxylic acids is 1. The Hall–Kier alpha value is -4.18. The molecule has 0 fully saturated rings. The van der Waals surface area contributed by atoms with Gasteiger partial charge in [0.25, 0.3) is 5.91 Å². The summed E-state index contributed by atoms with van der Waals surface area (Å²) in [5, 5.41) is 3.48. The van der Waals surface area contributed by atoms with Crippen molar-refractivity contribution in [2.75, 3.05) is 43.1 Å². The summed E-state index contributed by atoms with van der Waals surface area (Å²) in [6.45, 7) is 12.0. The molecule has 0 spiro atoms. The van der Waals surface area contributed by atoms with Crippen molar-refractivity contribution in [1.82, 2.24) is 9.97 Å². The Morgan fingerprint density at radius 1 is 1.02 bits per heavy atom. The standard InChI is InChI=1S/C39H46N4O4S/c1-5-6-20-46-21-22-47-36-13-9-30(10-14-36)31-11-15-37-34(23-31)24-32(17-19-43(37)26-28(2)3)39(44)42-35-12-16-38(41-25-35)48(45)27-33-8-7-18-40-29(33)4/h7-16,18,23-25,28H,5-6,17,19-22,26-27H2,1-4H3,(H,42,44). The van der Waals surface area contributed by atoms with Crippen LogP contribution in [0.25, 0.3) is 17.2 Å². The van der Waals surface area contributed by atoms with E-state index in [1.54, 1.807) is 24.5 Å². The third kappa shape index (κ3) is 9.69. The number of aryl methyl sites for hydroxylation is 1. The normalized spacial score (nSPS) is 13.5. The molecule has 1 aliphatic rings. The highest BCUT2D eigenvalue weighted by Crippen LogP contribution is 2.34. The summed E-state index contributed by atoms with van der Waals surface area (Å²) in [5.74, 6) is 1.45. The quantitative estimate of drug-likeness (QED) is 0.102. The average molecular weight is 667 g/mol. The van der Waals surface area contributed by atoms with Crippen LogP contribution in [0.1, 0.15) is 56.9 Å². The van der Waals surface area contributed by atoms with Crippen molar-refractivity contribution in [1.29, 1.82) is 0 Å². The second-order valence-corrected chi connectivity index (χ2v) is 13.8. The molecule has 2 aromatic heterocycles. The van der Waals surface area contributed by atoms with Crippen molar-refractivity contribution >= 4 is 34.5 Å². The molecule has 0 bridgehead atoms. The van der Waals surface area contributed by atoms with Gasteiger partial charge in [0, 0.05) is 65.7 Å². The molecule has 252 valence electrons. The minimum Gasteiger partial charge on any atom is -0.610 e. The fourth-order valence-electron chi connectivity index (χ4n) is 5.58. The number of benzene rings is 2. The maximum absolute atomic E-state index is 13.6. The Balaban J connectivity index is 1.28. The number of pyridine rings is 2. The molecule has 4 aromatic rings. The lowest BCUT2D eigenvalue weighted by Gasteiger charge is -2.27. The van der Waals surface area contributed by atoms with Gasteiger partial charge in [0.15, 0.2) is 0 Å². The topological polar surface area (TPSA) is 99.6 Å². The van der Waals surface area contributed by atoms with Gasteiger partial charge in [0.2, 0.25) is 5.03 Å². The number of nitrogens with one attached hydrogen (secondary N) is 1. The summed E-state index contributed by atoms with van der Waals surface area (Å²) in [6, 6.07) is 21.8. The largest absolute Gasteiger partial charge is 0.610 e. The van der Waals surface area contributed by atoms with Gasteiger partial charge in [-0.3, -0.25) is 9.78 Å². The molecule has 0 aliphatic carbocycles. The average Bonchev–Trinajstić information content (AvgIpc) is 3.26. The molecular formula is C39H46N4O4S. The van der Waals surface area contributed by atoms with Crippen molar-refractivity contribution in [2.24, 2.45) is 5.92 Å². The Morgan fingerprint density at radius 3 is 2.56 bits per heavy atom. The summed E-state index contributed by atoms with van der Waals surface area (Å²) < 4.78 is 24.4. The number of hydrogen-bond donors (Lipinski definition) is 1.